The zero-order valence-corrected chi connectivity index (χ0v) is 14.8. The minimum atomic E-state index is -0.516. The Hall–Kier alpha value is -3.59. The number of esters is 1. The summed E-state index contributed by atoms with van der Waals surface area (Å²) < 4.78 is 6.39. The van der Waals surface area contributed by atoms with Gasteiger partial charge in [0.2, 0.25) is 0 Å². The van der Waals surface area contributed by atoms with E-state index in [9.17, 15) is 9.59 Å². The van der Waals surface area contributed by atoms with Crippen LogP contribution in [0.4, 0.5) is 0 Å². The van der Waals surface area contributed by atoms with Crippen LogP contribution in [0.5, 0.6) is 0 Å². The molecule has 9 heteroatoms. The average Bonchev–Trinajstić information content (AvgIpc) is 3.26. The molecule has 0 aromatic carbocycles. The minimum absolute atomic E-state index is 0.265. The molecule has 5 rings (SSSR count). The fraction of sp³-hybridized carbons (Fsp3) is 0.0556. The van der Waals surface area contributed by atoms with Crippen LogP contribution in [0.15, 0.2) is 47.8 Å². The van der Waals surface area contributed by atoms with Gasteiger partial charge in [-0.25, -0.2) is 9.31 Å². The number of H-pyrrole nitrogens is 1. The topological polar surface area (TPSA) is 102 Å². The van der Waals surface area contributed by atoms with Crippen molar-refractivity contribution >= 4 is 44.1 Å². The van der Waals surface area contributed by atoms with Crippen molar-refractivity contribution in [3.05, 3.63) is 58.9 Å². The Balaban J connectivity index is 1.78. The molecule has 5 heterocycles. The van der Waals surface area contributed by atoms with Gasteiger partial charge in [-0.3, -0.25) is 14.8 Å². The van der Waals surface area contributed by atoms with Crippen LogP contribution < -0.4 is 5.56 Å². The SMILES string of the molecule is COC(=O)c1cnc2c(c1)[nH]c(=O)c1c2nn2cc(-c3ccncc3)sc12. The number of nitrogens with zero attached hydrogens (tertiary/aromatic N) is 4. The summed E-state index contributed by atoms with van der Waals surface area (Å²) in [6, 6.07) is 5.36. The molecule has 0 atom stereocenters. The van der Waals surface area contributed by atoms with Gasteiger partial charge in [0.1, 0.15) is 21.3 Å². The number of rotatable bonds is 2. The van der Waals surface area contributed by atoms with E-state index in [1.54, 1.807) is 23.0 Å². The van der Waals surface area contributed by atoms with Crippen molar-refractivity contribution in [2.45, 2.75) is 0 Å². The molecule has 8 nitrogen and oxygen atoms in total. The molecule has 0 radical (unpaired) electrons. The number of aromatic nitrogens is 5. The number of fused-ring (bicyclic) bond motifs is 5. The van der Waals surface area contributed by atoms with Crippen LogP contribution in [0.3, 0.4) is 0 Å². The highest BCUT2D eigenvalue weighted by molar-refractivity contribution is 7.21. The highest BCUT2D eigenvalue weighted by Crippen LogP contribution is 2.32. The Morgan fingerprint density at radius 1 is 1.26 bits per heavy atom. The van der Waals surface area contributed by atoms with Gasteiger partial charge < -0.3 is 9.72 Å². The van der Waals surface area contributed by atoms with Gasteiger partial charge in [-0.1, -0.05) is 0 Å². The first-order chi connectivity index (χ1) is 13.2. The zero-order chi connectivity index (χ0) is 18.5. The third kappa shape index (κ3) is 2.32. The Kier molecular flexibility index (Phi) is 3.31. The highest BCUT2D eigenvalue weighted by atomic mass is 32.1. The van der Waals surface area contributed by atoms with Crippen LogP contribution in [0.25, 0.3) is 37.2 Å². The van der Waals surface area contributed by atoms with Crippen LogP contribution in [-0.4, -0.2) is 37.6 Å². The summed E-state index contributed by atoms with van der Waals surface area (Å²) in [5, 5.41) is 5.04. The molecule has 132 valence electrons. The van der Waals surface area contributed by atoms with Crippen molar-refractivity contribution < 1.29 is 9.53 Å². The average molecular weight is 377 g/mol. The monoisotopic (exact) mass is 377 g/mol. The molecule has 0 unspecified atom stereocenters. The highest BCUT2D eigenvalue weighted by Gasteiger charge is 2.18. The second-order valence-electron chi connectivity index (χ2n) is 5.87. The molecule has 0 amide bonds. The molecule has 1 N–H and O–H groups in total. The van der Waals surface area contributed by atoms with Crippen molar-refractivity contribution in [3.63, 3.8) is 0 Å². The number of methoxy groups -OCH3 is 1. The number of carbonyl (C=O) groups excluding carboxylic acids is 1. The van der Waals surface area contributed by atoms with E-state index < -0.39 is 5.97 Å². The summed E-state index contributed by atoms with van der Waals surface area (Å²) in [4.78, 5) is 37.3. The van der Waals surface area contributed by atoms with Gasteiger partial charge in [-0.15, -0.1) is 11.3 Å². The van der Waals surface area contributed by atoms with Crippen LogP contribution in [0.2, 0.25) is 0 Å². The summed E-state index contributed by atoms with van der Waals surface area (Å²) in [5.74, 6) is -0.516. The molecule has 0 aliphatic heterocycles. The third-order valence-electron chi connectivity index (χ3n) is 4.29. The van der Waals surface area contributed by atoms with E-state index in [1.807, 2.05) is 18.3 Å². The molecule has 5 aromatic heterocycles. The Labute approximate surface area is 155 Å². The van der Waals surface area contributed by atoms with Crippen molar-refractivity contribution in [2.24, 2.45) is 0 Å². The van der Waals surface area contributed by atoms with Gasteiger partial charge in [0.25, 0.3) is 5.56 Å². The van der Waals surface area contributed by atoms with Crippen molar-refractivity contribution in [2.75, 3.05) is 7.11 Å². The number of ether oxygens (including phenoxy) is 1. The molecular weight excluding hydrogens is 366 g/mol. The van der Waals surface area contributed by atoms with Gasteiger partial charge in [0.05, 0.1) is 23.1 Å². The first kappa shape index (κ1) is 15.6. The smallest absolute Gasteiger partial charge is 0.339 e. The number of pyridine rings is 3. The Morgan fingerprint density at radius 2 is 2.07 bits per heavy atom. The van der Waals surface area contributed by atoms with Gasteiger partial charge in [-0.2, -0.15) is 5.10 Å². The fourth-order valence-corrected chi connectivity index (χ4v) is 4.12. The van der Waals surface area contributed by atoms with Crippen LogP contribution in [0, 0.1) is 0 Å². The normalized spacial score (nSPS) is 11.4. The summed E-state index contributed by atoms with van der Waals surface area (Å²) in [6.45, 7) is 0. The maximum Gasteiger partial charge on any atom is 0.339 e. The minimum Gasteiger partial charge on any atom is -0.465 e. The van der Waals surface area contributed by atoms with Gasteiger partial charge in [0, 0.05) is 24.8 Å². The molecule has 0 bridgehead atoms. The number of hydrogen-bond acceptors (Lipinski definition) is 7. The largest absolute Gasteiger partial charge is 0.465 e. The second kappa shape index (κ2) is 5.71. The van der Waals surface area contributed by atoms with Crippen LogP contribution in [0.1, 0.15) is 10.4 Å². The van der Waals surface area contributed by atoms with Crippen molar-refractivity contribution in [1.29, 1.82) is 0 Å². The summed E-state index contributed by atoms with van der Waals surface area (Å²) in [5.41, 5.74) is 2.46. The van der Waals surface area contributed by atoms with Crippen molar-refractivity contribution in [3.8, 4) is 10.4 Å². The lowest BCUT2D eigenvalue weighted by Gasteiger charge is -2.01. The number of aromatic amines is 1. The van der Waals surface area contributed by atoms with E-state index >= 15 is 0 Å². The van der Waals surface area contributed by atoms with Gasteiger partial charge in [0.15, 0.2) is 0 Å². The van der Waals surface area contributed by atoms with E-state index in [4.69, 9.17) is 4.74 Å². The Morgan fingerprint density at radius 3 is 2.85 bits per heavy atom. The fourth-order valence-electron chi connectivity index (χ4n) is 3.03. The van der Waals surface area contributed by atoms with E-state index in [1.165, 1.54) is 24.6 Å². The van der Waals surface area contributed by atoms with Gasteiger partial charge >= 0.3 is 5.97 Å². The van der Waals surface area contributed by atoms with E-state index in [0.717, 1.165) is 15.3 Å². The molecule has 0 saturated heterocycles. The molecule has 0 aliphatic rings. The number of hydrogen-bond donors (Lipinski definition) is 1. The zero-order valence-electron chi connectivity index (χ0n) is 14.0. The Bertz CT molecular complexity index is 1400. The lowest BCUT2D eigenvalue weighted by molar-refractivity contribution is 0.0600. The first-order valence-corrected chi connectivity index (χ1v) is 8.80. The number of thiazole rings is 1. The molecule has 0 aliphatic carbocycles. The molecule has 0 spiro atoms. The quantitative estimate of drug-likeness (QED) is 0.475. The molecular formula is C18H11N5O3S. The number of carbonyl (C=O) groups is 1. The molecule has 0 fully saturated rings. The van der Waals surface area contributed by atoms with Crippen molar-refractivity contribution in [1.82, 2.24) is 24.6 Å². The summed E-state index contributed by atoms with van der Waals surface area (Å²) in [7, 11) is 1.29. The standard InChI is InChI=1S/C18H11N5O3S/c1-26-18(25)10-6-11-14(20-7-10)15-13(16(24)21-11)17-23(22-15)8-12(27-17)9-2-4-19-5-3-9/h2-8H,1H3,(H,21,24). The second-order valence-corrected chi connectivity index (χ2v) is 6.90. The predicted molar refractivity (Wildman–Crippen MR) is 101 cm³/mol. The molecule has 5 aromatic rings. The first-order valence-electron chi connectivity index (χ1n) is 7.98. The summed E-state index contributed by atoms with van der Waals surface area (Å²) >= 11 is 1.47. The van der Waals surface area contributed by atoms with E-state index in [0.29, 0.717) is 21.9 Å². The lowest BCUT2D eigenvalue weighted by Crippen LogP contribution is -2.08. The van der Waals surface area contributed by atoms with Gasteiger partial charge in [-0.05, 0) is 23.8 Å². The van der Waals surface area contributed by atoms with Crippen LogP contribution >= 0.6 is 11.3 Å². The lowest BCUT2D eigenvalue weighted by atomic mass is 10.2. The predicted octanol–water partition coefficient (Wildman–Crippen LogP) is 2.63. The molecule has 27 heavy (non-hydrogen) atoms. The van der Waals surface area contributed by atoms with Crippen LogP contribution in [-0.2, 0) is 4.74 Å². The number of nitrogens with one attached hydrogen (secondary N) is 1. The molecule has 0 saturated carbocycles. The third-order valence-corrected chi connectivity index (χ3v) is 5.43. The maximum absolute atomic E-state index is 12.7. The van der Waals surface area contributed by atoms with E-state index in [-0.39, 0.29) is 11.1 Å². The maximum atomic E-state index is 12.7. The van der Waals surface area contributed by atoms with E-state index in [2.05, 4.69) is 20.1 Å². The summed E-state index contributed by atoms with van der Waals surface area (Å²) in [6.07, 6.45) is 6.74.